The fourth-order valence-corrected chi connectivity index (χ4v) is 7.63. The molecule has 5 nitrogen and oxygen atoms in total. The SMILES string of the molecule is CC/C=C\C/C=C\C/C=C\C/C=C\C/C=C\C/C=C\C/C=C\C/C=C\C/C=C\C/C=C\CCCCCCCCCCCCC(=O)OC(CO)COC(=O)CCCCCCCC/C=C\C/C=C\C/C=C\C/C=C\CC. The van der Waals surface area contributed by atoms with E-state index in [9.17, 15) is 14.7 Å². The second kappa shape index (κ2) is 62.6. The lowest BCUT2D eigenvalue weighted by Gasteiger charge is -2.15. The minimum atomic E-state index is -0.793. The first-order valence-electron chi connectivity index (χ1n) is 29.7. The third-order valence-electron chi connectivity index (χ3n) is 12.0. The summed E-state index contributed by atoms with van der Waals surface area (Å²) in [7, 11) is 0. The number of rotatable bonds is 52. The van der Waals surface area contributed by atoms with Gasteiger partial charge in [0.25, 0.3) is 0 Å². The molecular weight excluding hydrogens is 909 g/mol. The lowest BCUT2D eigenvalue weighted by Crippen LogP contribution is -2.28. The van der Waals surface area contributed by atoms with Crippen LogP contribution in [0.25, 0.3) is 0 Å². The number of unbranched alkanes of at least 4 members (excludes halogenated alkanes) is 16. The summed E-state index contributed by atoms with van der Waals surface area (Å²) < 4.78 is 10.7. The molecule has 0 aliphatic heterocycles. The number of carbonyl (C=O) groups is 2. The summed E-state index contributed by atoms with van der Waals surface area (Å²) in [5.74, 6) is -0.622. The standard InChI is InChI=1S/C69H108O5/c1-3-5-7-9-11-13-15-17-19-21-23-24-25-26-27-28-29-30-31-32-33-34-35-36-37-38-39-40-41-42-43-44-46-48-50-52-54-56-58-60-62-64-69(72)74-67(65-70)66-73-68(71)63-61-59-57-55-53-51-49-47-45-22-20-18-16-14-12-10-8-6-4-2/h5-8,11-14,17-20,23-24,26-27,29-30,32-33,35-36,38-39,41-42,45,47,67,70H,3-4,9-10,15-16,21-22,25,28,31,34,37,40,43-44,46,48-66H2,1-2H3/b7-5-,8-6-,13-11-,14-12-,19-17-,20-18-,24-23-,27-26-,30-29-,33-32-,36-35-,39-38-,42-41-,47-45-. The number of aliphatic hydroxyl groups excluding tert-OH is 1. The quantitative estimate of drug-likeness (QED) is 0.0373. The average Bonchev–Trinajstić information content (AvgIpc) is 3.40. The number of ether oxygens (including phenoxy) is 2. The highest BCUT2D eigenvalue weighted by atomic mass is 16.6. The van der Waals surface area contributed by atoms with Crippen molar-refractivity contribution in [1.82, 2.24) is 0 Å². The first kappa shape index (κ1) is 69.3. The topological polar surface area (TPSA) is 72.8 Å². The Morgan fingerprint density at radius 3 is 0.811 bits per heavy atom. The summed E-state index contributed by atoms with van der Waals surface area (Å²) in [6.45, 7) is 3.89. The van der Waals surface area contributed by atoms with Crippen molar-refractivity contribution in [1.29, 1.82) is 0 Å². The molecule has 0 aromatic rings. The Labute approximate surface area is 455 Å². The van der Waals surface area contributed by atoms with Gasteiger partial charge in [0.2, 0.25) is 0 Å². The van der Waals surface area contributed by atoms with Crippen LogP contribution in [0.1, 0.15) is 232 Å². The average molecular weight is 1020 g/mol. The molecule has 0 bridgehead atoms. The van der Waals surface area contributed by atoms with Crippen molar-refractivity contribution in [2.75, 3.05) is 13.2 Å². The lowest BCUT2D eigenvalue weighted by molar-refractivity contribution is -0.161. The maximum Gasteiger partial charge on any atom is 0.306 e. The van der Waals surface area contributed by atoms with Gasteiger partial charge in [-0.1, -0.05) is 261 Å². The summed E-state index contributed by atoms with van der Waals surface area (Å²) in [4.78, 5) is 24.5. The van der Waals surface area contributed by atoms with Crippen molar-refractivity contribution in [3.63, 3.8) is 0 Å². The van der Waals surface area contributed by atoms with Crippen molar-refractivity contribution in [2.24, 2.45) is 0 Å². The zero-order valence-electron chi connectivity index (χ0n) is 47.3. The molecule has 0 saturated heterocycles. The number of esters is 2. The lowest BCUT2D eigenvalue weighted by atomic mass is 10.0. The van der Waals surface area contributed by atoms with Crippen molar-refractivity contribution < 1.29 is 24.2 Å². The zero-order valence-corrected chi connectivity index (χ0v) is 47.3. The van der Waals surface area contributed by atoms with Crippen LogP contribution in [0.15, 0.2) is 170 Å². The largest absolute Gasteiger partial charge is 0.462 e. The maximum absolute atomic E-state index is 12.3. The van der Waals surface area contributed by atoms with Gasteiger partial charge in [0.15, 0.2) is 6.10 Å². The highest BCUT2D eigenvalue weighted by Crippen LogP contribution is 2.14. The first-order chi connectivity index (χ1) is 36.6. The molecule has 1 atom stereocenters. The maximum atomic E-state index is 12.3. The van der Waals surface area contributed by atoms with E-state index >= 15 is 0 Å². The third-order valence-corrected chi connectivity index (χ3v) is 12.0. The molecule has 0 spiro atoms. The fourth-order valence-electron chi connectivity index (χ4n) is 7.63. The second-order valence-corrected chi connectivity index (χ2v) is 19.0. The Balaban J connectivity index is 3.61. The highest BCUT2D eigenvalue weighted by molar-refractivity contribution is 5.70. The van der Waals surface area contributed by atoms with E-state index in [0.717, 1.165) is 135 Å². The van der Waals surface area contributed by atoms with Crippen LogP contribution in [0.4, 0.5) is 0 Å². The number of carbonyl (C=O) groups excluding carboxylic acids is 2. The number of allylic oxidation sites excluding steroid dienone is 28. The van der Waals surface area contributed by atoms with Gasteiger partial charge in [-0.3, -0.25) is 9.59 Å². The molecule has 74 heavy (non-hydrogen) atoms. The van der Waals surface area contributed by atoms with E-state index in [0.29, 0.717) is 12.8 Å². The highest BCUT2D eigenvalue weighted by Gasteiger charge is 2.16. The van der Waals surface area contributed by atoms with E-state index in [1.807, 2.05) is 0 Å². The van der Waals surface area contributed by atoms with E-state index in [2.05, 4.69) is 184 Å². The molecule has 5 heteroatoms. The van der Waals surface area contributed by atoms with Crippen LogP contribution in [0.3, 0.4) is 0 Å². The minimum Gasteiger partial charge on any atom is -0.462 e. The molecule has 0 aromatic heterocycles. The van der Waals surface area contributed by atoms with Crippen LogP contribution >= 0.6 is 0 Å². The van der Waals surface area contributed by atoms with Gasteiger partial charge in [-0.05, 0) is 128 Å². The number of aliphatic hydroxyl groups is 1. The minimum absolute atomic E-state index is 0.0848. The van der Waals surface area contributed by atoms with Gasteiger partial charge < -0.3 is 14.6 Å². The summed E-state index contributed by atoms with van der Waals surface area (Å²) >= 11 is 0. The Morgan fingerprint density at radius 2 is 0.541 bits per heavy atom. The molecule has 414 valence electrons. The number of hydrogen-bond donors (Lipinski definition) is 1. The van der Waals surface area contributed by atoms with Crippen LogP contribution in [0, 0.1) is 0 Å². The number of hydrogen-bond acceptors (Lipinski definition) is 5. The van der Waals surface area contributed by atoms with E-state index in [4.69, 9.17) is 9.47 Å². The van der Waals surface area contributed by atoms with Crippen LogP contribution in [-0.2, 0) is 19.1 Å². The molecule has 1 N–H and O–H groups in total. The van der Waals surface area contributed by atoms with Crippen molar-refractivity contribution >= 4 is 11.9 Å². The first-order valence-corrected chi connectivity index (χ1v) is 29.7. The molecule has 0 radical (unpaired) electrons. The normalized spacial score (nSPS) is 13.5. The zero-order chi connectivity index (χ0) is 53.4. The van der Waals surface area contributed by atoms with Gasteiger partial charge >= 0.3 is 11.9 Å². The van der Waals surface area contributed by atoms with Crippen LogP contribution in [0.2, 0.25) is 0 Å². The van der Waals surface area contributed by atoms with E-state index in [1.165, 1.54) is 70.6 Å². The van der Waals surface area contributed by atoms with Crippen LogP contribution < -0.4 is 0 Å². The predicted molar refractivity (Wildman–Crippen MR) is 324 cm³/mol. The second-order valence-electron chi connectivity index (χ2n) is 19.0. The third kappa shape index (κ3) is 59.8. The molecule has 0 saturated carbocycles. The van der Waals surface area contributed by atoms with Gasteiger partial charge in [0.05, 0.1) is 6.61 Å². The molecule has 0 aromatic carbocycles. The van der Waals surface area contributed by atoms with Gasteiger partial charge in [-0.25, -0.2) is 0 Å². The van der Waals surface area contributed by atoms with Crippen molar-refractivity contribution in [3.05, 3.63) is 170 Å². The summed E-state index contributed by atoms with van der Waals surface area (Å²) in [5, 5.41) is 9.65. The smallest absolute Gasteiger partial charge is 0.306 e. The Bertz CT molecular complexity index is 1670. The van der Waals surface area contributed by atoms with Gasteiger partial charge in [0, 0.05) is 12.8 Å². The van der Waals surface area contributed by atoms with Crippen molar-refractivity contribution in [3.8, 4) is 0 Å². The van der Waals surface area contributed by atoms with E-state index < -0.39 is 6.10 Å². The van der Waals surface area contributed by atoms with E-state index in [-0.39, 0.29) is 25.2 Å². The molecule has 0 amide bonds. The predicted octanol–water partition coefficient (Wildman–Crippen LogP) is 20.5. The fraction of sp³-hybridized carbons (Fsp3) is 0.565. The molecule has 0 aliphatic carbocycles. The molecule has 0 fully saturated rings. The Kier molecular flexibility index (Phi) is 58.5. The molecule has 1 unspecified atom stereocenters. The van der Waals surface area contributed by atoms with E-state index in [1.54, 1.807) is 0 Å². The summed E-state index contributed by atoms with van der Waals surface area (Å²) in [5.41, 5.74) is 0. The van der Waals surface area contributed by atoms with Gasteiger partial charge in [0.1, 0.15) is 6.61 Å². The van der Waals surface area contributed by atoms with Gasteiger partial charge in [-0.2, -0.15) is 0 Å². The monoisotopic (exact) mass is 1020 g/mol. The van der Waals surface area contributed by atoms with Crippen molar-refractivity contribution in [2.45, 2.75) is 238 Å². The molecule has 0 aliphatic rings. The molecular formula is C69H108O5. The summed E-state index contributed by atoms with van der Waals surface area (Å²) in [6, 6.07) is 0. The van der Waals surface area contributed by atoms with Gasteiger partial charge in [-0.15, -0.1) is 0 Å². The molecule has 0 rings (SSSR count). The van der Waals surface area contributed by atoms with Crippen LogP contribution in [0.5, 0.6) is 0 Å². The summed E-state index contributed by atoms with van der Waals surface area (Å²) in [6.07, 6.45) is 97.5. The Hall–Kier alpha value is -4.74. The molecule has 0 heterocycles. The van der Waals surface area contributed by atoms with Crippen LogP contribution in [-0.4, -0.2) is 36.4 Å². The Morgan fingerprint density at radius 1 is 0.311 bits per heavy atom.